The van der Waals surface area contributed by atoms with Gasteiger partial charge in [-0.1, -0.05) is 0 Å². The highest BCUT2D eigenvalue weighted by Gasteiger charge is 2.30. The van der Waals surface area contributed by atoms with E-state index in [1.807, 2.05) is 0 Å². The van der Waals surface area contributed by atoms with Gasteiger partial charge in [0, 0.05) is 41.2 Å². The van der Waals surface area contributed by atoms with Gasteiger partial charge in [-0.2, -0.15) is 4.98 Å². The van der Waals surface area contributed by atoms with Gasteiger partial charge in [0.2, 0.25) is 16.0 Å². The predicted octanol–water partition coefficient (Wildman–Crippen LogP) is 3.48. The van der Waals surface area contributed by atoms with E-state index in [1.165, 1.54) is 57.3 Å². The SMILES string of the molecule is Cc1cnc(Nc2ccc(C(=O)NC3CCNCC3)c(F)c2)nc1Nc1cc(NS(=O)(=O)C(C)(C)C)cc(C(=O)N[C@@H](CCC(=O)O)C(=O)O)c1. The lowest BCUT2D eigenvalue weighted by Crippen LogP contribution is -2.42. The standard InChI is InChI=1S/C33H41FN8O8S/c1-18-17-36-32(39-21-5-6-24(25(34)16-21)30(46)38-20-9-11-35-12-10-20)41-28(18)37-22-13-19(14-23(15-22)42-51(49,50)33(2,3)4)29(45)40-26(31(47)48)7-8-27(43)44/h5-6,13-17,20,26,35,42H,7-12H2,1-4H3,(H,38,46)(H,40,45)(H,43,44)(H,47,48)(H2,36,37,39,41)/t26-/m0/s1. The summed E-state index contributed by atoms with van der Waals surface area (Å²) in [6, 6.07) is 6.38. The molecule has 0 spiro atoms. The van der Waals surface area contributed by atoms with E-state index < -0.39 is 56.8 Å². The minimum absolute atomic E-state index is 0.0256. The average Bonchev–Trinajstić information content (AvgIpc) is 3.04. The molecular formula is C33H41FN8O8S. The number of aliphatic carboxylic acids is 2. The highest BCUT2D eigenvalue weighted by Crippen LogP contribution is 2.28. The molecule has 2 aromatic carbocycles. The molecule has 1 atom stereocenters. The van der Waals surface area contributed by atoms with Crippen LogP contribution in [0.3, 0.4) is 0 Å². The molecule has 1 saturated heterocycles. The smallest absolute Gasteiger partial charge is 0.326 e. The van der Waals surface area contributed by atoms with Gasteiger partial charge in [0.25, 0.3) is 11.8 Å². The van der Waals surface area contributed by atoms with Crippen LogP contribution >= 0.6 is 0 Å². The van der Waals surface area contributed by atoms with Gasteiger partial charge in [-0.15, -0.1) is 0 Å². The number of hydrogen-bond donors (Lipinski definition) is 8. The predicted molar refractivity (Wildman–Crippen MR) is 188 cm³/mol. The Balaban J connectivity index is 1.59. The van der Waals surface area contributed by atoms with E-state index in [2.05, 4.69) is 41.3 Å². The molecule has 0 unspecified atom stereocenters. The first kappa shape index (κ1) is 38.4. The van der Waals surface area contributed by atoms with Crippen molar-refractivity contribution >= 4 is 62.6 Å². The average molecular weight is 729 g/mol. The number of nitrogens with zero attached hydrogens (tertiary/aromatic N) is 2. The zero-order valence-electron chi connectivity index (χ0n) is 28.5. The molecule has 1 aromatic heterocycles. The monoisotopic (exact) mass is 728 g/mol. The number of rotatable bonds is 14. The molecule has 2 heterocycles. The van der Waals surface area contributed by atoms with Gasteiger partial charge in [0.15, 0.2) is 0 Å². The zero-order chi connectivity index (χ0) is 37.5. The van der Waals surface area contributed by atoms with Crippen molar-refractivity contribution in [1.29, 1.82) is 0 Å². The van der Waals surface area contributed by atoms with E-state index in [9.17, 15) is 32.7 Å². The van der Waals surface area contributed by atoms with Crippen LogP contribution in [0.2, 0.25) is 0 Å². The molecule has 4 rings (SSSR count). The van der Waals surface area contributed by atoms with E-state index >= 15 is 4.39 Å². The fraction of sp³-hybridized carbons (Fsp3) is 0.394. The summed E-state index contributed by atoms with van der Waals surface area (Å²) >= 11 is 0. The Hall–Kier alpha value is -5.36. The fourth-order valence-corrected chi connectivity index (χ4v) is 5.60. The first-order valence-electron chi connectivity index (χ1n) is 16.0. The largest absolute Gasteiger partial charge is 0.481 e. The highest BCUT2D eigenvalue weighted by atomic mass is 32.2. The summed E-state index contributed by atoms with van der Waals surface area (Å²) in [4.78, 5) is 57.3. The number of carboxylic acid groups (broad SMARTS) is 2. The van der Waals surface area contributed by atoms with E-state index in [0.29, 0.717) is 5.56 Å². The second kappa shape index (κ2) is 16.1. The molecule has 1 fully saturated rings. The third-order valence-corrected chi connectivity index (χ3v) is 10.00. The number of aromatic nitrogens is 2. The first-order valence-corrected chi connectivity index (χ1v) is 17.5. The lowest BCUT2D eigenvalue weighted by atomic mass is 10.1. The van der Waals surface area contributed by atoms with Gasteiger partial charge in [-0.05, 0) is 96.4 Å². The molecule has 2 amide bonds. The molecule has 0 aliphatic carbocycles. The molecular weight excluding hydrogens is 687 g/mol. The van der Waals surface area contributed by atoms with Crippen LogP contribution in [0.25, 0.3) is 0 Å². The van der Waals surface area contributed by atoms with Gasteiger partial charge < -0.3 is 36.8 Å². The van der Waals surface area contributed by atoms with E-state index in [-0.39, 0.29) is 52.4 Å². The van der Waals surface area contributed by atoms with Gasteiger partial charge in [-0.3, -0.25) is 19.1 Å². The highest BCUT2D eigenvalue weighted by molar-refractivity contribution is 7.94. The Morgan fingerprint density at radius 1 is 0.980 bits per heavy atom. The molecule has 3 aromatic rings. The summed E-state index contributed by atoms with van der Waals surface area (Å²) in [6.45, 7) is 7.66. The molecule has 274 valence electrons. The second-order valence-corrected chi connectivity index (χ2v) is 15.4. The zero-order valence-corrected chi connectivity index (χ0v) is 29.3. The van der Waals surface area contributed by atoms with Crippen molar-refractivity contribution in [2.75, 3.05) is 28.4 Å². The molecule has 0 bridgehead atoms. The quantitative estimate of drug-likeness (QED) is 0.119. The van der Waals surface area contributed by atoms with Gasteiger partial charge in [-0.25, -0.2) is 22.6 Å². The van der Waals surface area contributed by atoms with E-state index in [1.54, 1.807) is 6.92 Å². The molecule has 1 aliphatic rings. The van der Waals surface area contributed by atoms with Crippen LogP contribution in [0.4, 0.5) is 33.2 Å². The summed E-state index contributed by atoms with van der Waals surface area (Å²) in [5, 5.41) is 32.8. The number of aryl methyl sites for hydroxylation is 1. The molecule has 0 saturated carbocycles. The summed E-state index contributed by atoms with van der Waals surface area (Å²) in [5.41, 5.74) is 0.691. The third-order valence-electron chi connectivity index (χ3n) is 7.88. The first-order chi connectivity index (χ1) is 23.9. The molecule has 8 N–H and O–H groups in total. The lowest BCUT2D eigenvalue weighted by molar-refractivity contribution is -0.140. The number of nitrogens with one attached hydrogen (secondary N) is 6. The number of halogens is 1. The molecule has 1 aliphatic heterocycles. The summed E-state index contributed by atoms with van der Waals surface area (Å²) in [5.74, 6) is -4.58. The maximum absolute atomic E-state index is 15.0. The number of sulfonamides is 1. The third kappa shape index (κ3) is 10.6. The molecule has 18 heteroatoms. The molecule has 51 heavy (non-hydrogen) atoms. The number of hydrogen-bond acceptors (Lipinski definition) is 11. The number of anilines is 5. The lowest BCUT2D eigenvalue weighted by Gasteiger charge is -2.23. The Kier molecular flexibility index (Phi) is 12.1. The summed E-state index contributed by atoms with van der Waals surface area (Å²) in [6.07, 6.45) is 2.07. The molecule has 0 radical (unpaired) electrons. The van der Waals surface area contributed by atoms with Crippen LogP contribution in [0.1, 0.15) is 72.7 Å². The van der Waals surface area contributed by atoms with Crippen LogP contribution in [0, 0.1) is 12.7 Å². The van der Waals surface area contributed by atoms with Crippen LogP contribution in [0.5, 0.6) is 0 Å². The normalized spacial score (nSPS) is 14.2. The maximum Gasteiger partial charge on any atom is 0.326 e. The van der Waals surface area contributed by atoms with Crippen molar-refractivity contribution in [3.05, 3.63) is 65.1 Å². The Morgan fingerprint density at radius 3 is 2.29 bits per heavy atom. The fourth-order valence-electron chi connectivity index (χ4n) is 4.87. The number of piperidine rings is 1. The number of benzene rings is 2. The number of amides is 2. The van der Waals surface area contributed by atoms with Crippen molar-refractivity contribution in [3.8, 4) is 0 Å². The van der Waals surface area contributed by atoms with Crippen LogP contribution in [0.15, 0.2) is 42.6 Å². The Morgan fingerprint density at radius 2 is 1.67 bits per heavy atom. The van der Waals surface area contributed by atoms with Crippen molar-refractivity contribution in [3.63, 3.8) is 0 Å². The number of carbonyl (C=O) groups excluding carboxylic acids is 2. The number of carboxylic acids is 2. The summed E-state index contributed by atoms with van der Waals surface area (Å²) in [7, 11) is -3.97. The minimum atomic E-state index is -3.97. The second-order valence-electron chi connectivity index (χ2n) is 13.0. The van der Waals surface area contributed by atoms with Crippen molar-refractivity contribution in [2.45, 2.75) is 70.2 Å². The van der Waals surface area contributed by atoms with Crippen LogP contribution in [-0.2, 0) is 19.6 Å². The van der Waals surface area contributed by atoms with E-state index in [0.717, 1.165) is 32.0 Å². The Bertz CT molecular complexity index is 1910. The maximum atomic E-state index is 15.0. The van der Waals surface area contributed by atoms with Crippen molar-refractivity contribution < 1.29 is 42.2 Å². The Labute approximate surface area is 294 Å². The van der Waals surface area contributed by atoms with Gasteiger partial charge >= 0.3 is 11.9 Å². The van der Waals surface area contributed by atoms with Crippen molar-refractivity contribution in [2.24, 2.45) is 0 Å². The van der Waals surface area contributed by atoms with Gasteiger partial charge in [0.1, 0.15) is 17.7 Å². The number of carbonyl (C=O) groups is 4. The van der Waals surface area contributed by atoms with E-state index in [4.69, 9.17) is 5.11 Å². The van der Waals surface area contributed by atoms with Crippen LogP contribution < -0.4 is 31.3 Å². The van der Waals surface area contributed by atoms with Crippen molar-refractivity contribution in [1.82, 2.24) is 25.9 Å². The summed E-state index contributed by atoms with van der Waals surface area (Å²) < 4.78 is 42.2. The topological polar surface area (TPSA) is 241 Å². The van der Waals surface area contributed by atoms with Crippen LogP contribution in [-0.4, -0.2) is 82.3 Å². The van der Waals surface area contributed by atoms with Gasteiger partial charge in [0.05, 0.1) is 16.0 Å². The molecule has 16 nitrogen and oxygen atoms in total. The minimum Gasteiger partial charge on any atom is -0.481 e.